The van der Waals surface area contributed by atoms with E-state index in [0.717, 1.165) is 43.9 Å². The highest BCUT2D eigenvalue weighted by Crippen LogP contribution is 2.29. The van der Waals surface area contributed by atoms with Gasteiger partial charge in [0.15, 0.2) is 0 Å². The number of nitrogens with zero attached hydrogens (tertiary/aromatic N) is 1. The van der Waals surface area contributed by atoms with E-state index in [9.17, 15) is 4.79 Å². The van der Waals surface area contributed by atoms with Crippen LogP contribution in [0.4, 0.5) is 0 Å². The Morgan fingerprint density at radius 1 is 1.45 bits per heavy atom. The number of carbonyl (C=O) groups excluding carboxylic acids is 1. The fourth-order valence-corrected chi connectivity index (χ4v) is 3.22. The largest absolute Gasteiger partial charge is 0.493 e. The quantitative estimate of drug-likeness (QED) is 0.907. The Hall–Kier alpha value is -1.26. The number of hydrogen-bond donors (Lipinski definition) is 1. The van der Waals surface area contributed by atoms with Crippen LogP contribution in [-0.2, 0) is 17.6 Å². The molecule has 5 heteroatoms. The van der Waals surface area contributed by atoms with E-state index in [2.05, 4.69) is 19.9 Å². The fourth-order valence-electron chi connectivity index (χ4n) is 3.22. The zero-order chi connectivity index (χ0) is 15.0. The number of amides is 1. The first-order valence-electron chi connectivity index (χ1n) is 7.74. The molecule has 122 valence electrons. The minimum Gasteiger partial charge on any atom is -0.493 e. The van der Waals surface area contributed by atoms with E-state index in [1.165, 1.54) is 5.56 Å². The normalized spacial score (nSPS) is 22.5. The Labute approximate surface area is 138 Å². The molecular weight excluding hydrogens is 300 g/mol. The van der Waals surface area contributed by atoms with Crippen molar-refractivity contribution in [3.63, 3.8) is 0 Å². The molecule has 1 saturated heterocycles. The van der Waals surface area contributed by atoms with Crippen LogP contribution in [0.5, 0.6) is 5.75 Å². The molecule has 3 rings (SSSR count). The smallest absolute Gasteiger partial charge is 0.227 e. The molecule has 0 saturated carbocycles. The third-order valence-electron chi connectivity index (χ3n) is 4.77. The second-order valence-electron chi connectivity index (χ2n) is 6.92. The van der Waals surface area contributed by atoms with Gasteiger partial charge in [0.1, 0.15) is 5.75 Å². The van der Waals surface area contributed by atoms with E-state index in [-0.39, 0.29) is 29.8 Å². The number of piperidine rings is 1. The van der Waals surface area contributed by atoms with Crippen LogP contribution in [0.15, 0.2) is 18.2 Å². The molecule has 1 aromatic carbocycles. The van der Waals surface area contributed by atoms with Gasteiger partial charge in [-0.2, -0.15) is 0 Å². The van der Waals surface area contributed by atoms with Crippen LogP contribution < -0.4 is 10.5 Å². The maximum atomic E-state index is 12.5. The summed E-state index contributed by atoms with van der Waals surface area (Å²) in [7, 11) is 0. The Kier molecular flexibility index (Phi) is 5.03. The van der Waals surface area contributed by atoms with Crippen molar-refractivity contribution in [2.24, 2.45) is 11.1 Å². The van der Waals surface area contributed by atoms with Crippen LogP contribution in [0.2, 0.25) is 0 Å². The SMILES string of the molecule is CC1(C)CN(C(=O)Cc2ccc3c(c2)CCO3)CCC1N.Cl. The molecular formula is C17H25ClN2O2. The van der Waals surface area contributed by atoms with Crippen molar-refractivity contribution in [3.8, 4) is 5.75 Å². The van der Waals surface area contributed by atoms with Crippen LogP contribution in [0, 0.1) is 5.41 Å². The molecule has 1 unspecified atom stereocenters. The monoisotopic (exact) mass is 324 g/mol. The summed E-state index contributed by atoms with van der Waals surface area (Å²) < 4.78 is 5.50. The van der Waals surface area contributed by atoms with Crippen molar-refractivity contribution in [1.29, 1.82) is 0 Å². The predicted molar refractivity (Wildman–Crippen MR) is 89.5 cm³/mol. The molecule has 0 aliphatic carbocycles. The minimum absolute atomic E-state index is 0. The highest BCUT2D eigenvalue weighted by Gasteiger charge is 2.35. The number of rotatable bonds is 2. The highest BCUT2D eigenvalue weighted by molar-refractivity contribution is 5.85. The zero-order valence-electron chi connectivity index (χ0n) is 13.3. The number of benzene rings is 1. The predicted octanol–water partition coefficient (Wildman–Crippen LogP) is 2.17. The van der Waals surface area contributed by atoms with Crippen LogP contribution in [0.3, 0.4) is 0 Å². The van der Waals surface area contributed by atoms with E-state index in [1.54, 1.807) is 0 Å². The highest BCUT2D eigenvalue weighted by atomic mass is 35.5. The summed E-state index contributed by atoms with van der Waals surface area (Å²) >= 11 is 0. The summed E-state index contributed by atoms with van der Waals surface area (Å²) in [4.78, 5) is 14.5. The molecule has 1 amide bonds. The van der Waals surface area contributed by atoms with Gasteiger partial charge in [-0.05, 0) is 29.0 Å². The van der Waals surface area contributed by atoms with Crippen LogP contribution >= 0.6 is 12.4 Å². The first-order valence-corrected chi connectivity index (χ1v) is 7.74. The molecule has 0 spiro atoms. The zero-order valence-corrected chi connectivity index (χ0v) is 14.1. The fraction of sp³-hybridized carbons (Fsp3) is 0.588. The molecule has 2 aliphatic rings. The van der Waals surface area contributed by atoms with Gasteiger partial charge in [0.2, 0.25) is 5.91 Å². The molecule has 1 fully saturated rings. The van der Waals surface area contributed by atoms with E-state index < -0.39 is 0 Å². The van der Waals surface area contributed by atoms with Gasteiger partial charge in [-0.25, -0.2) is 0 Å². The maximum absolute atomic E-state index is 12.5. The van der Waals surface area contributed by atoms with Crippen molar-refractivity contribution in [2.45, 2.75) is 39.2 Å². The van der Waals surface area contributed by atoms with Gasteiger partial charge in [-0.15, -0.1) is 12.4 Å². The Morgan fingerprint density at radius 3 is 2.95 bits per heavy atom. The number of fused-ring (bicyclic) bond motifs is 1. The lowest BCUT2D eigenvalue weighted by Gasteiger charge is -2.42. The molecule has 2 N–H and O–H groups in total. The number of likely N-dealkylation sites (tertiary alicyclic amines) is 1. The van der Waals surface area contributed by atoms with Gasteiger partial charge in [0, 0.05) is 25.6 Å². The lowest BCUT2D eigenvalue weighted by Crippen LogP contribution is -2.54. The van der Waals surface area contributed by atoms with Gasteiger partial charge in [-0.3, -0.25) is 4.79 Å². The van der Waals surface area contributed by atoms with E-state index in [1.807, 2.05) is 17.0 Å². The summed E-state index contributed by atoms with van der Waals surface area (Å²) in [5.74, 6) is 1.17. The van der Waals surface area contributed by atoms with Gasteiger partial charge in [-0.1, -0.05) is 26.0 Å². The number of hydrogen-bond acceptors (Lipinski definition) is 3. The average Bonchev–Trinajstić information content (AvgIpc) is 2.89. The molecule has 0 radical (unpaired) electrons. The third kappa shape index (κ3) is 3.39. The molecule has 2 aliphatic heterocycles. The molecule has 0 bridgehead atoms. The van der Waals surface area contributed by atoms with Gasteiger partial charge in [0.05, 0.1) is 13.0 Å². The Bertz CT molecular complexity index is 560. The molecule has 2 heterocycles. The van der Waals surface area contributed by atoms with Crippen LogP contribution in [0.1, 0.15) is 31.4 Å². The summed E-state index contributed by atoms with van der Waals surface area (Å²) in [5, 5.41) is 0. The van der Waals surface area contributed by atoms with Crippen molar-refractivity contribution < 1.29 is 9.53 Å². The van der Waals surface area contributed by atoms with Crippen molar-refractivity contribution in [3.05, 3.63) is 29.3 Å². The van der Waals surface area contributed by atoms with Crippen LogP contribution in [0.25, 0.3) is 0 Å². The topological polar surface area (TPSA) is 55.6 Å². The minimum atomic E-state index is -0.000313. The molecule has 1 aromatic rings. The van der Waals surface area contributed by atoms with Gasteiger partial charge < -0.3 is 15.4 Å². The van der Waals surface area contributed by atoms with Gasteiger partial charge >= 0.3 is 0 Å². The van der Waals surface area contributed by atoms with Crippen molar-refractivity contribution in [2.75, 3.05) is 19.7 Å². The lowest BCUT2D eigenvalue weighted by atomic mass is 9.79. The Balaban J connectivity index is 0.00000176. The summed E-state index contributed by atoms with van der Waals surface area (Å²) in [6, 6.07) is 6.28. The van der Waals surface area contributed by atoms with E-state index in [4.69, 9.17) is 10.5 Å². The summed E-state index contributed by atoms with van der Waals surface area (Å²) in [6.07, 6.45) is 2.30. The molecule has 22 heavy (non-hydrogen) atoms. The van der Waals surface area contributed by atoms with E-state index in [0.29, 0.717) is 6.42 Å². The standard InChI is InChI=1S/C17H24N2O2.ClH/c1-17(2)11-19(7-5-15(17)18)16(20)10-12-3-4-14-13(9-12)6-8-21-14;/h3-4,9,15H,5-8,10-11,18H2,1-2H3;1H. The average molecular weight is 325 g/mol. The molecule has 4 nitrogen and oxygen atoms in total. The summed E-state index contributed by atoms with van der Waals surface area (Å²) in [6.45, 7) is 6.57. The second-order valence-corrected chi connectivity index (χ2v) is 6.92. The third-order valence-corrected chi connectivity index (χ3v) is 4.77. The van der Waals surface area contributed by atoms with E-state index >= 15 is 0 Å². The first kappa shape index (κ1) is 17.1. The van der Waals surface area contributed by atoms with Crippen LogP contribution in [-0.4, -0.2) is 36.5 Å². The maximum Gasteiger partial charge on any atom is 0.227 e. The second kappa shape index (κ2) is 6.47. The number of ether oxygens (including phenoxy) is 1. The summed E-state index contributed by atoms with van der Waals surface area (Å²) in [5.41, 5.74) is 8.44. The Morgan fingerprint density at radius 2 is 2.23 bits per heavy atom. The molecule has 0 aromatic heterocycles. The lowest BCUT2D eigenvalue weighted by molar-refractivity contribution is -0.133. The number of halogens is 1. The molecule has 1 atom stereocenters. The first-order chi connectivity index (χ1) is 9.95. The number of carbonyl (C=O) groups is 1. The van der Waals surface area contributed by atoms with Gasteiger partial charge in [0.25, 0.3) is 0 Å². The number of nitrogens with two attached hydrogens (primary N) is 1. The van der Waals surface area contributed by atoms with Crippen molar-refractivity contribution in [1.82, 2.24) is 4.90 Å². The van der Waals surface area contributed by atoms with Crippen molar-refractivity contribution >= 4 is 18.3 Å².